The van der Waals surface area contributed by atoms with Crippen LogP contribution in [0.15, 0.2) is 18.2 Å². The van der Waals surface area contributed by atoms with Gasteiger partial charge in [0.25, 0.3) is 0 Å². The molecule has 23 heavy (non-hydrogen) atoms. The SMILES string of the molecule is CC(C)N1CCC2(CC1)C(=O)N(CCO)c1ccc(C#N)cc12. The van der Waals surface area contributed by atoms with Crippen molar-refractivity contribution in [3.8, 4) is 6.07 Å². The number of carbonyl (C=O) groups excluding carboxylic acids is 1. The monoisotopic (exact) mass is 313 g/mol. The highest BCUT2D eigenvalue weighted by molar-refractivity contribution is 6.08. The third kappa shape index (κ3) is 2.43. The number of anilines is 1. The fraction of sp³-hybridized carbons (Fsp3) is 0.556. The van der Waals surface area contributed by atoms with Crippen LogP contribution in [0.5, 0.6) is 0 Å². The minimum absolute atomic E-state index is 0.0562. The molecule has 0 bridgehead atoms. The number of amides is 1. The van der Waals surface area contributed by atoms with Crippen LogP contribution in [0.2, 0.25) is 0 Å². The number of nitriles is 1. The first kappa shape index (κ1) is 16.0. The van der Waals surface area contributed by atoms with Crippen LogP contribution in [0.1, 0.15) is 37.8 Å². The fourth-order valence-electron chi connectivity index (χ4n) is 3.93. The number of aliphatic hydroxyl groups excluding tert-OH is 1. The summed E-state index contributed by atoms with van der Waals surface area (Å²) in [7, 11) is 0. The Hall–Kier alpha value is -1.90. The molecule has 3 rings (SSSR count). The Labute approximate surface area is 137 Å². The van der Waals surface area contributed by atoms with E-state index in [1.54, 1.807) is 11.0 Å². The van der Waals surface area contributed by atoms with Crippen molar-refractivity contribution in [2.24, 2.45) is 0 Å². The molecule has 1 aromatic carbocycles. The quantitative estimate of drug-likeness (QED) is 0.921. The van der Waals surface area contributed by atoms with Crippen LogP contribution in [0, 0.1) is 11.3 Å². The second kappa shape index (κ2) is 5.95. The number of piperidine rings is 1. The molecule has 5 heteroatoms. The van der Waals surface area contributed by atoms with Gasteiger partial charge in [0.1, 0.15) is 0 Å². The van der Waals surface area contributed by atoms with E-state index in [-0.39, 0.29) is 12.5 Å². The molecule has 0 radical (unpaired) electrons. The third-order valence-electron chi connectivity index (χ3n) is 5.29. The van der Waals surface area contributed by atoms with Crippen LogP contribution in [-0.4, -0.2) is 48.2 Å². The van der Waals surface area contributed by atoms with Gasteiger partial charge in [-0.15, -0.1) is 0 Å². The predicted octanol–water partition coefficient (Wildman–Crippen LogP) is 1.64. The standard InChI is InChI=1S/C18H23N3O2/c1-13(2)20-7-5-18(6-8-20)15-11-14(12-19)3-4-16(15)21(9-10-22)17(18)23/h3-4,11,13,22H,5-10H2,1-2H3. The number of hydrogen-bond acceptors (Lipinski definition) is 4. The van der Waals surface area contributed by atoms with Gasteiger partial charge in [-0.25, -0.2) is 0 Å². The van der Waals surface area contributed by atoms with Gasteiger partial charge in [0.2, 0.25) is 5.91 Å². The van der Waals surface area contributed by atoms with Crippen molar-refractivity contribution < 1.29 is 9.90 Å². The first-order chi connectivity index (χ1) is 11.0. The number of hydrogen-bond donors (Lipinski definition) is 1. The third-order valence-corrected chi connectivity index (χ3v) is 5.29. The van der Waals surface area contributed by atoms with E-state index >= 15 is 0 Å². The van der Waals surface area contributed by atoms with Crippen molar-refractivity contribution in [2.45, 2.75) is 38.1 Å². The smallest absolute Gasteiger partial charge is 0.237 e. The number of β-amino-alcohol motifs (C(OH)–C–C–N with tert-alkyl or cyclic N) is 1. The summed E-state index contributed by atoms with van der Waals surface area (Å²) in [5, 5.41) is 18.5. The predicted molar refractivity (Wildman–Crippen MR) is 88.2 cm³/mol. The van der Waals surface area contributed by atoms with Gasteiger partial charge in [0.05, 0.1) is 23.7 Å². The molecule has 1 N–H and O–H groups in total. The molecule has 1 aromatic rings. The lowest BCUT2D eigenvalue weighted by atomic mass is 9.73. The molecule has 2 aliphatic rings. The maximum absolute atomic E-state index is 13.1. The van der Waals surface area contributed by atoms with Gasteiger partial charge in [-0.1, -0.05) is 0 Å². The van der Waals surface area contributed by atoms with Gasteiger partial charge in [-0.2, -0.15) is 5.26 Å². The molecule has 1 fully saturated rings. The highest BCUT2D eigenvalue weighted by Gasteiger charge is 2.52. The maximum atomic E-state index is 13.1. The minimum Gasteiger partial charge on any atom is -0.395 e. The Bertz CT molecular complexity index is 655. The van der Waals surface area contributed by atoms with Crippen LogP contribution >= 0.6 is 0 Å². The van der Waals surface area contributed by atoms with Crippen LogP contribution in [0.4, 0.5) is 5.69 Å². The molecule has 5 nitrogen and oxygen atoms in total. The van der Waals surface area contributed by atoms with E-state index in [9.17, 15) is 15.2 Å². The number of benzene rings is 1. The van der Waals surface area contributed by atoms with Crippen LogP contribution in [0.25, 0.3) is 0 Å². The highest BCUT2D eigenvalue weighted by atomic mass is 16.3. The van der Waals surface area contributed by atoms with Crippen molar-refractivity contribution in [1.29, 1.82) is 5.26 Å². The first-order valence-corrected chi connectivity index (χ1v) is 8.25. The number of rotatable bonds is 3. The number of carbonyl (C=O) groups is 1. The van der Waals surface area contributed by atoms with Crippen molar-refractivity contribution in [2.75, 3.05) is 31.1 Å². The summed E-state index contributed by atoms with van der Waals surface area (Å²) in [5.74, 6) is 0.0834. The number of aliphatic hydroxyl groups is 1. The first-order valence-electron chi connectivity index (χ1n) is 8.25. The average molecular weight is 313 g/mol. The summed E-state index contributed by atoms with van der Waals surface area (Å²) >= 11 is 0. The number of nitrogens with zero attached hydrogens (tertiary/aromatic N) is 3. The lowest BCUT2D eigenvalue weighted by Gasteiger charge is -2.40. The van der Waals surface area contributed by atoms with Crippen molar-refractivity contribution in [3.05, 3.63) is 29.3 Å². The summed E-state index contributed by atoms with van der Waals surface area (Å²) in [6, 6.07) is 8.12. The van der Waals surface area contributed by atoms with E-state index in [2.05, 4.69) is 24.8 Å². The highest BCUT2D eigenvalue weighted by Crippen LogP contribution is 2.48. The molecule has 2 heterocycles. The van der Waals surface area contributed by atoms with E-state index in [0.29, 0.717) is 18.2 Å². The van der Waals surface area contributed by atoms with E-state index in [4.69, 9.17) is 0 Å². The molecule has 0 unspecified atom stereocenters. The Balaban J connectivity index is 2.02. The molecule has 1 spiro atoms. The fourth-order valence-corrected chi connectivity index (χ4v) is 3.93. The van der Waals surface area contributed by atoms with E-state index in [1.807, 2.05) is 12.1 Å². The summed E-state index contributed by atoms with van der Waals surface area (Å²) < 4.78 is 0. The minimum atomic E-state index is -0.525. The van der Waals surface area contributed by atoms with Crippen LogP contribution in [0.3, 0.4) is 0 Å². The van der Waals surface area contributed by atoms with Crippen LogP contribution < -0.4 is 4.90 Å². The molecule has 0 aliphatic carbocycles. The maximum Gasteiger partial charge on any atom is 0.237 e. The molecular weight excluding hydrogens is 290 g/mol. The van der Waals surface area contributed by atoms with Crippen molar-refractivity contribution >= 4 is 11.6 Å². The zero-order valence-electron chi connectivity index (χ0n) is 13.7. The Morgan fingerprint density at radius 3 is 2.61 bits per heavy atom. The molecule has 122 valence electrons. The van der Waals surface area contributed by atoms with E-state index in [0.717, 1.165) is 37.2 Å². The topological polar surface area (TPSA) is 67.6 Å². The van der Waals surface area contributed by atoms with Gasteiger partial charge < -0.3 is 14.9 Å². The summed E-state index contributed by atoms with van der Waals surface area (Å²) in [5.41, 5.74) is 1.90. The molecule has 2 aliphatic heterocycles. The van der Waals surface area contributed by atoms with E-state index in [1.165, 1.54) is 0 Å². The Morgan fingerprint density at radius 2 is 2.04 bits per heavy atom. The second-order valence-electron chi connectivity index (χ2n) is 6.74. The van der Waals surface area contributed by atoms with Crippen molar-refractivity contribution in [1.82, 2.24) is 4.90 Å². The van der Waals surface area contributed by atoms with Gasteiger partial charge >= 0.3 is 0 Å². The summed E-state index contributed by atoms with van der Waals surface area (Å²) in [6.45, 7) is 6.37. The van der Waals surface area contributed by atoms with Gasteiger partial charge in [0.15, 0.2) is 0 Å². The van der Waals surface area contributed by atoms with E-state index < -0.39 is 5.41 Å². The van der Waals surface area contributed by atoms with Gasteiger partial charge in [0, 0.05) is 18.3 Å². The lowest BCUT2D eigenvalue weighted by molar-refractivity contribution is -0.125. The Kier molecular flexibility index (Phi) is 4.13. The van der Waals surface area contributed by atoms with Crippen LogP contribution in [-0.2, 0) is 10.2 Å². The second-order valence-corrected chi connectivity index (χ2v) is 6.74. The zero-order valence-corrected chi connectivity index (χ0v) is 13.7. The lowest BCUT2D eigenvalue weighted by Crippen LogP contribution is -2.50. The molecule has 0 atom stereocenters. The van der Waals surface area contributed by atoms with Gasteiger partial charge in [-0.3, -0.25) is 4.79 Å². The summed E-state index contributed by atoms with van der Waals surface area (Å²) in [4.78, 5) is 17.2. The zero-order chi connectivity index (χ0) is 16.6. The largest absolute Gasteiger partial charge is 0.395 e. The molecule has 0 saturated carbocycles. The number of likely N-dealkylation sites (tertiary alicyclic amines) is 1. The van der Waals surface area contributed by atoms with Gasteiger partial charge in [-0.05, 0) is 63.5 Å². The molecule has 0 aromatic heterocycles. The normalized spacial score (nSPS) is 20.1. The molecular formula is C18H23N3O2. The Morgan fingerprint density at radius 1 is 1.35 bits per heavy atom. The molecule has 1 amide bonds. The average Bonchev–Trinajstić information content (AvgIpc) is 2.78. The summed E-state index contributed by atoms with van der Waals surface area (Å²) in [6.07, 6.45) is 1.54. The van der Waals surface area contributed by atoms with Crippen molar-refractivity contribution in [3.63, 3.8) is 0 Å². The number of fused-ring (bicyclic) bond motifs is 2. The molecule has 1 saturated heterocycles.